The van der Waals surface area contributed by atoms with Gasteiger partial charge in [-0.3, -0.25) is 4.79 Å². The van der Waals surface area contributed by atoms with Crippen molar-refractivity contribution < 1.29 is 14.7 Å². The first-order chi connectivity index (χ1) is 9.47. The highest BCUT2D eigenvalue weighted by Crippen LogP contribution is 2.22. The van der Waals surface area contributed by atoms with Crippen molar-refractivity contribution in [2.45, 2.75) is 6.42 Å². The Morgan fingerprint density at radius 3 is 2.70 bits per heavy atom. The number of benzene rings is 1. The van der Waals surface area contributed by atoms with Gasteiger partial charge in [0.05, 0.1) is 17.1 Å². The third-order valence-electron chi connectivity index (χ3n) is 2.79. The maximum absolute atomic E-state index is 12.1. The largest absolute Gasteiger partial charge is 0.478 e. The lowest BCUT2D eigenvalue weighted by Gasteiger charge is -2.19. The molecule has 1 aliphatic rings. The molecule has 1 aromatic carbocycles. The molecule has 104 valence electrons. The summed E-state index contributed by atoms with van der Waals surface area (Å²) in [5, 5.41) is 9.67. The smallest absolute Gasteiger partial charge is 0.333 e. The molecule has 4 nitrogen and oxygen atoms in total. The maximum atomic E-state index is 12.1. The highest BCUT2D eigenvalue weighted by atomic mass is 35.5. The van der Waals surface area contributed by atoms with Gasteiger partial charge in [-0.1, -0.05) is 29.3 Å². The summed E-state index contributed by atoms with van der Waals surface area (Å²) in [6.45, 7) is 0.0225. The molecule has 0 aliphatic carbocycles. The number of ketones is 1. The van der Waals surface area contributed by atoms with Gasteiger partial charge in [0, 0.05) is 29.4 Å². The van der Waals surface area contributed by atoms with Crippen molar-refractivity contribution >= 4 is 35.0 Å². The summed E-state index contributed by atoms with van der Waals surface area (Å²) in [6.07, 6.45) is 5.17. The summed E-state index contributed by atoms with van der Waals surface area (Å²) >= 11 is 11.7. The highest BCUT2D eigenvalue weighted by molar-refractivity contribution is 6.36. The Morgan fingerprint density at radius 2 is 2.05 bits per heavy atom. The Bertz CT molecular complexity index is 623. The summed E-state index contributed by atoms with van der Waals surface area (Å²) < 4.78 is 0. The zero-order valence-corrected chi connectivity index (χ0v) is 11.9. The van der Waals surface area contributed by atoms with Crippen LogP contribution in [0.3, 0.4) is 0 Å². The fourth-order valence-corrected chi connectivity index (χ4v) is 2.33. The maximum Gasteiger partial charge on any atom is 0.333 e. The van der Waals surface area contributed by atoms with E-state index >= 15 is 0 Å². The number of carbonyl (C=O) groups excluding carboxylic acids is 1. The van der Waals surface area contributed by atoms with Crippen LogP contribution in [0.5, 0.6) is 0 Å². The number of hydrogen-bond acceptors (Lipinski definition) is 3. The third kappa shape index (κ3) is 3.40. The lowest BCUT2D eigenvalue weighted by atomic mass is 10.1. The van der Waals surface area contributed by atoms with E-state index in [-0.39, 0.29) is 22.9 Å². The second-order valence-corrected chi connectivity index (χ2v) is 5.11. The minimum absolute atomic E-state index is 0.0225. The zero-order valence-electron chi connectivity index (χ0n) is 10.3. The van der Waals surface area contributed by atoms with Crippen molar-refractivity contribution in [2.24, 2.45) is 0 Å². The van der Waals surface area contributed by atoms with E-state index in [9.17, 15) is 9.59 Å². The number of allylic oxidation sites excluding steroid dienone is 1. The molecule has 0 bridgehead atoms. The number of carboxylic acid groups (broad SMARTS) is 1. The van der Waals surface area contributed by atoms with Crippen LogP contribution in [0.15, 0.2) is 42.2 Å². The van der Waals surface area contributed by atoms with E-state index in [2.05, 4.69) is 0 Å². The van der Waals surface area contributed by atoms with E-state index in [4.69, 9.17) is 28.3 Å². The quantitative estimate of drug-likeness (QED) is 0.866. The predicted octanol–water partition coefficient (Wildman–Crippen LogP) is 3.36. The van der Waals surface area contributed by atoms with Gasteiger partial charge in [-0.05, 0) is 18.2 Å². The van der Waals surface area contributed by atoms with E-state index in [1.165, 1.54) is 17.2 Å². The first-order valence-corrected chi connectivity index (χ1v) is 6.57. The number of carbonyl (C=O) groups is 2. The van der Waals surface area contributed by atoms with Crippen molar-refractivity contribution in [1.82, 2.24) is 4.90 Å². The molecule has 0 saturated heterocycles. The Morgan fingerprint density at radius 1 is 1.30 bits per heavy atom. The minimum atomic E-state index is -0.990. The first kappa shape index (κ1) is 14.6. The Balaban J connectivity index is 2.13. The Hall–Kier alpha value is -1.78. The van der Waals surface area contributed by atoms with E-state index < -0.39 is 5.97 Å². The molecule has 0 amide bonds. The summed E-state index contributed by atoms with van der Waals surface area (Å²) in [4.78, 5) is 24.6. The van der Waals surface area contributed by atoms with Crippen LogP contribution >= 0.6 is 23.2 Å². The molecule has 1 heterocycles. The van der Waals surface area contributed by atoms with Crippen molar-refractivity contribution in [3.63, 3.8) is 0 Å². The average Bonchev–Trinajstić information content (AvgIpc) is 2.38. The van der Waals surface area contributed by atoms with E-state index in [0.717, 1.165) is 0 Å². The molecule has 1 N–H and O–H groups in total. The van der Waals surface area contributed by atoms with Gasteiger partial charge in [0.2, 0.25) is 0 Å². The van der Waals surface area contributed by atoms with Crippen molar-refractivity contribution in [3.8, 4) is 0 Å². The molecule has 0 aromatic heterocycles. The van der Waals surface area contributed by atoms with Crippen LogP contribution in [0.4, 0.5) is 0 Å². The van der Waals surface area contributed by atoms with Gasteiger partial charge >= 0.3 is 5.97 Å². The summed E-state index contributed by atoms with van der Waals surface area (Å²) in [5.41, 5.74) is 0.600. The third-order valence-corrected chi connectivity index (χ3v) is 3.34. The lowest BCUT2D eigenvalue weighted by Crippen LogP contribution is -2.23. The molecule has 0 atom stereocenters. The predicted molar refractivity (Wildman–Crippen MR) is 77.0 cm³/mol. The van der Waals surface area contributed by atoms with Crippen LogP contribution in [0.1, 0.15) is 16.8 Å². The molecule has 1 aromatic rings. The van der Waals surface area contributed by atoms with Crippen molar-refractivity contribution in [1.29, 1.82) is 0 Å². The van der Waals surface area contributed by atoms with Crippen LogP contribution in [0, 0.1) is 0 Å². The highest BCUT2D eigenvalue weighted by Gasteiger charge is 2.16. The average molecular weight is 312 g/mol. The number of hydrogen-bond donors (Lipinski definition) is 1. The number of halogens is 2. The zero-order chi connectivity index (χ0) is 14.7. The summed E-state index contributed by atoms with van der Waals surface area (Å²) in [6, 6.07) is 4.65. The Labute approximate surface area is 125 Å². The van der Waals surface area contributed by atoms with Crippen molar-refractivity contribution in [3.05, 3.63) is 57.9 Å². The van der Waals surface area contributed by atoms with Crippen LogP contribution < -0.4 is 0 Å². The van der Waals surface area contributed by atoms with E-state index in [0.29, 0.717) is 17.0 Å². The number of rotatable bonds is 4. The summed E-state index contributed by atoms with van der Waals surface area (Å²) in [7, 11) is 0. The number of carboxylic acids is 1. The lowest BCUT2D eigenvalue weighted by molar-refractivity contribution is -0.132. The van der Waals surface area contributed by atoms with Gasteiger partial charge in [-0.25, -0.2) is 4.79 Å². The molecule has 1 aliphatic heterocycles. The van der Waals surface area contributed by atoms with Crippen LogP contribution in [0.2, 0.25) is 10.0 Å². The van der Waals surface area contributed by atoms with Crippen LogP contribution in [-0.4, -0.2) is 28.3 Å². The van der Waals surface area contributed by atoms with Crippen LogP contribution in [0.25, 0.3) is 0 Å². The van der Waals surface area contributed by atoms with Gasteiger partial charge in [-0.2, -0.15) is 0 Å². The standard InChI is InChI=1S/C14H11Cl2NO3/c15-10-3-4-11(12(16)6-10)13(18)8-17-5-1-2-9(7-17)14(19)20/h1,3-7H,2,8H2,(H,19,20). The van der Waals surface area contributed by atoms with Gasteiger partial charge in [-0.15, -0.1) is 0 Å². The fourth-order valence-electron chi connectivity index (χ4n) is 1.82. The molecule has 0 unspecified atom stereocenters. The molecular weight excluding hydrogens is 301 g/mol. The molecule has 0 spiro atoms. The minimum Gasteiger partial charge on any atom is -0.478 e. The Kier molecular flexibility index (Phi) is 4.47. The normalized spacial score (nSPS) is 14.1. The molecule has 20 heavy (non-hydrogen) atoms. The molecule has 0 radical (unpaired) electrons. The summed E-state index contributed by atoms with van der Waals surface area (Å²) in [5.74, 6) is -1.20. The van der Waals surface area contributed by atoms with Gasteiger partial charge in [0.15, 0.2) is 5.78 Å². The first-order valence-electron chi connectivity index (χ1n) is 5.82. The fraction of sp³-hybridized carbons (Fsp3) is 0.143. The number of aliphatic carboxylic acids is 1. The number of Topliss-reactive ketones (excluding diaryl/α,β-unsaturated/α-hetero) is 1. The van der Waals surface area contributed by atoms with E-state index in [1.54, 1.807) is 24.4 Å². The van der Waals surface area contributed by atoms with Crippen LogP contribution in [-0.2, 0) is 4.79 Å². The second-order valence-electron chi connectivity index (χ2n) is 4.27. The number of nitrogens with zero attached hydrogens (tertiary/aromatic N) is 1. The topological polar surface area (TPSA) is 57.6 Å². The van der Waals surface area contributed by atoms with Gasteiger partial charge < -0.3 is 10.0 Å². The molecule has 6 heteroatoms. The van der Waals surface area contributed by atoms with Crippen molar-refractivity contribution in [2.75, 3.05) is 6.54 Å². The van der Waals surface area contributed by atoms with E-state index in [1.807, 2.05) is 0 Å². The molecule has 0 saturated carbocycles. The molecule has 0 fully saturated rings. The molecule has 2 rings (SSSR count). The SMILES string of the molecule is O=C(O)C1=CN(CC(=O)c2ccc(Cl)cc2Cl)C=CC1. The molecular formula is C14H11Cl2NO3. The van der Waals surface area contributed by atoms with Gasteiger partial charge in [0.1, 0.15) is 0 Å². The van der Waals surface area contributed by atoms with Gasteiger partial charge in [0.25, 0.3) is 0 Å². The second kappa shape index (κ2) is 6.11. The monoisotopic (exact) mass is 311 g/mol.